The van der Waals surface area contributed by atoms with Gasteiger partial charge in [-0.15, -0.1) is 11.3 Å². The number of aromatic nitrogens is 1. The van der Waals surface area contributed by atoms with Gasteiger partial charge in [-0.1, -0.05) is 47.5 Å². The summed E-state index contributed by atoms with van der Waals surface area (Å²) in [4.78, 5) is 69.3. The van der Waals surface area contributed by atoms with Crippen LogP contribution >= 0.6 is 11.3 Å². The molecule has 11 nitrogen and oxygen atoms in total. The van der Waals surface area contributed by atoms with Crippen LogP contribution in [0, 0.1) is 30.1 Å². The second kappa shape index (κ2) is 18.1. The predicted molar refractivity (Wildman–Crippen MR) is 186 cm³/mol. The number of cyclic esters (lactones) is 1. The average Bonchev–Trinajstić information content (AvgIpc) is 3.60. The largest absolute Gasteiger partial charge is 0.461 e. The molecule has 1 unspecified atom stereocenters. The first-order valence-corrected chi connectivity index (χ1v) is 18.3. The first kappa shape index (κ1) is 40.2. The zero-order chi connectivity index (χ0) is 36.5. The summed E-state index contributed by atoms with van der Waals surface area (Å²) in [6.07, 6.45) is 4.22. The topological polar surface area (TPSA) is 160 Å². The Morgan fingerprint density at radius 3 is 2.35 bits per heavy atom. The summed E-state index contributed by atoms with van der Waals surface area (Å²) in [5, 5.41) is 25.2. The van der Waals surface area contributed by atoms with Gasteiger partial charge in [0.25, 0.3) is 11.8 Å². The molecule has 0 bridgehead atoms. The number of rotatable bonds is 9. The number of esters is 2. The molecule has 0 aromatic carbocycles. The molecule has 0 radical (unpaired) electrons. The van der Waals surface area contributed by atoms with Gasteiger partial charge in [-0.05, 0) is 63.0 Å². The normalized spacial score (nSPS) is 29.3. The van der Waals surface area contributed by atoms with E-state index >= 15 is 0 Å². The van der Waals surface area contributed by atoms with Crippen LogP contribution in [-0.2, 0) is 33.4 Å². The molecule has 1 aromatic rings. The molecule has 49 heavy (non-hydrogen) atoms. The van der Waals surface area contributed by atoms with E-state index in [-0.39, 0.29) is 48.8 Å². The standard InChI is InChI=1S/C37H54N2O9S/c1-22-12-11-13-23(2)35(48-33(44)14-9-8-10-17-39-31(42)15-16-32(39)43)25(4)36(46)37(6,7)30(41)20-34(45)47-29(19-28(22)40)24(3)18-27-21-49-26(5)38-27/h15-16,18,21-23,25,28-30,35,40-41H,8-14,17,19-20H2,1-7H3/b24-18+/t22-,23-,25+,28-,29?,30-,35-/m0/s1. The first-order chi connectivity index (χ1) is 23.0. The molecule has 3 rings (SSSR count). The quantitative estimate of drug-likeness (QED) is 0.195. The van der Waals surface area contributed by atoms with E-state index in [1.54, 1.807) is 20.8 Å². The third-order valence-corrected chi connectivity index (χ3v) is 10.7. The van der Waals surface area contributed by atoms with E-state index < -0.39 is 54.1 Å². The number of thiazole rings is 1. The minimum Gasteiger partial charge on any atom is -0.461 e. The molecule has 0 spiro atoms. The van der Waals surface area contributed by atoms with Crippen LogP contribution in [0.5, 0.6) is 0 Å². The first-order valence-electron chi connectivity index (χ1n) is 17.4. The minimum atomic E-state index is -1.37. The van der Waals surface area contributed by atoms with Crippen molar-refractivity contribution in [1.82, 2.24) is 9.88 Å². The number of carbonyl (C=O) groups excluding carboxylic acids is 5. The Balaban J connectivity index is 1.72. The van der Waals surface area contributed by atoms with Crippen LogP contribution in [0.1, 0.15) is 110 Å². The highest BCUT2D eigenvalue weighted by Crippen LogP contribution is 2.34. The molecule has 0 aliphatic carbocycles. The van der Waals surface area contributed by atoms with Crippen molar-refractivity contribution in [2.45, 2.75) is 131 Å². The van der Waals surface area contributed by atoms with E-state index in [2.05, 4.69) is 4.98 Å². The fourth-order valence-electron chi connectivity index (χ4n) is 6.48. The van der Waals surface area contributed by atoms with Crippen molar-refractivity contribution >= 4 is 46.9 Å². The second-order valence-electron chi connectivity index (χ2n) is 14.4. The van der Waals surface area contributed by atoms with Crippen molar-refractivity contribution in [3.05, 3.63) is 33.8 Å². The summed E-state index contributed by atoms with van der Waals surface area (Å²) >= 11 is 1.51. The number of amides is 2. The summed E-state index contributed by atoms with van der Waals surface area (Å²) in [6.45, 7) is 12.8. The van der Waals surface area contributed by atoms with Gasteiger partial charge < -0.3 is 19.7 Å². The van der Waals surface area contributed by atoms with Crippen LogP contribution in [0.4, 0.5) is 0 Å². The molecule has 3 heterocycles. The molecule has 2 aliphatic heterocycles. The zero-order valence-corrected chi connectivity index (χ0v) is 30.8. The second-order valence-corrected chi connectivity index (χ2v) is 15.4. The van der Waals surface area contributed by atoms with Gasteiger partial charge >= 0.3 is 11.9 Å². The van der Waals surface area contributed by atoms with Gasteiger partial charge in [0.15, 0.2) is 0 Å². The average molecular weight is 703 g/mol. The molecule has 0 saturated carbocycles. The van der Waals surface area contributed by atoms with Crippen molar-refractivity contribution in [1.29, 1.82) is 0 Å². The summed E-state index contributed by atoms with van der Waals surface area (Å²) in [5.41, 5.74) is 0.101. The van der Waals surface area contributed by atoms with E-state index in [0.29, 0.717) is 38.5 Å². The molecule has 1 saturated heterocycles. The zero-order valence-electron chi connectivity index (χ0n) is 30.0. The third-order valence-electron chi connectivity index (χ3n) is 9.95. The van der Waals surface area contributed by atoms with Gasteiger partial charge in [-0.25, -0.2) is 4.98 Å². The summed E-state index contributed by atoms with van der Waals surface area (Å²) < 4.78 is 11.8. The summed E-state index contributed by atoms with van der Waals surface area (Å²) in [5.74, 6) is -3.22. The third kappa shape index (κ3) is 11.4. The van der Waals surface area contributed by atoms with Crippen LogP contribution in [0.2, 0.25) is 0 Å². The minimum absolute atomic E-state index is 0.114. The number of imide groups is 1. The van der Waals surface area contributed by atoms with E-state index in [4.69, 9.17) is 9.47 Å². The Labute approximate surface area is 294 Å². The Morgan fingerprint density at radius 2 is 1.71 bits per heavy atom. The number of Topliss-reactive ketones (excluding diaryl/α,β-unsaturated/α-hetero) is 1. The van der Waals surface area contributed by atoms with Crippen LogP contribution < -0.4 is 0 Å². The maximum Gasteiger partial charge on any atom is 0.309 e. The summed E-state index contributed by atoms with van der Waals surface area (Å²) in [7, 11) is 0. The van der Waals surface area contributed by atoms with Crippen molar-refractivity contribution < 1.29 is 43.7 Å². The van der Waals surface area contributed by atoms with E-state index in [1.165, 1.54) is 28.4 Å². The van der Waals surface area contributed by atoms with Crippen LogP contribution in [0.25, 0.3) is 6.08 Å². The molecule has 2 amide bonds. The highest BCUT2D eigenvalue weighted by Gasteiger charge is 2.44. The molecule has 272 valence electrons. The molecular weight excluding hydrogens is 648 g/mol. The van der Waals surface area contributed by atoms with Crippen LogP contribution in [0.15, 0.2) is 23.1 Å². The van der Waals surface area contributed by atoms with Crippen molar-refractivity contribution in [3.63, 3.8) is 0 Å². The number of hydrogen-bond acceptors (Lipinski definition) is 11. The van der Waals surface area contributed by atoms with Crippen molar-refractivity contribution in [3.8, 4) is 0 Å². The van der Waals surface area contributed by atoms with Gasteiger partial charge in [0.1, 0.15) is 18.0 Å². The highest BCUT2D eigenvalue weighted by molar-refractivity contribution is 7.09. The van der Waals surface area contributed by atoms with Gasteiger partial charge in [-0.2, -0.15) is 0 Å². The Morgan fingerprint density at radius 1 is 1.06 bits per heavy atom. The van der Waals surface area contributed by atoms with E-state index in [9.17, 15) is 34.2 Å². The molecule has 2 N–H and O–H groups in total. The SMILES string of the molecule is C/C(=C\c1csc(C)n1)C1C[C@H](O)[C@@H](C)CCC[C@H](C)[C@H](OC(=O)CCCCCN2C(=O)C=CC2=O)[C@@H](C)C(=O)C(C)(C)[C@@H](O)CC(=O)O1. The number of aliphatic hydroxyl groups excluding tert-OH is 2. The molecule has 7 atom stereocenters. The fraction of sp³-hybridized carbons (Fsp3) is 0.676. The number of unbranched alkanes of at least 4 members (excludes halogenated alkanes) is 2. The van der Waals surface area contributed by atoms with Gasteiger partial charge in [-0.3, -0.25) is 28.9 Å². The van der Waals surface area contributed by atoms with Gasteiger partial charge in [0.2, 0.25) is 0 Å². The van der Waals surface area contributed by atoms with Gasteiger partial charge in [0, 0.05) is 36.9 Å². The van der Waals surface area contributed by atoms with Crippen molar-refractivity contribution in [2.24, 2.45) is 23.2 Å². The highest BCUT2D eigenvalue weighted by atomic mass is 32.1. The Kier molecular flexibility index (Phi) is 14.9. The molecule has 12 heteroatoms. The predicted octanol–water partition coefficient (Wildman–Crippen LogP) is 5.35. The van der Waals surface area contributed by atoms with Crippen molar-refractivity contribution in [2.75, 3.05) is 6.54 Å². The van der Waals surface area contributed by atoms with Crippen LogP contribution in [0.3, 0.4) is 0 Å². The number of carbonyl (C=O) groups is 5. The van der Waals surface area contributed by atoms with Gasteiger partial charge in [0.05, 0.1) is 40.7 Å². The number of nitrogens with zero attached hydrogens (tertiary/aromatic N) is 2. The smallest absolute Gasteiger partial charge is 0.309 e. The number of hydrogen-bond donors (Lipinski definition) is 2. The molecular formula is C37H54N2O9S. The fourth-order valence-corrected chi connectivity index (χ4v) is 7.05. The molecule has 2 aliphatic rings. The molecule has 1 aromatic heterocycles. The maximum atomic E-state index is 13.9. The lowest BCUT2D eigenvalue weighted by atomic mass is 9.72. The number of ketones is 1. The lowest BCUT2D eigenvalue weighted by molar-refractivity contribution is -0.161. The van der Waals surface area contributed by atoms with Crippen LogP contribution in [-0.4, -0.2) is 80.6 Å². The monoisotopic (exact) mass is 702 g/mol. The lowest BCUT2D eigenvalue weighted by Gasteiger charge is -2.36. The molecule has 1 fully saturated rings. The summed E-state index contributed by atoms with van der Waals surface area (Å²) in [6, 6.07) is 0. The number of aryl methyl sites for hydroxylation is 1. The van der Waals surface area contributed by atoms with E-state index in [0.717, 1.165) is 16.3 Å². The Bertz CT molecular complexity index is 1380. The Hall–Kier alpha value is -3.22. The lowest BCUT2D eigenvalue weighted by Crippen LogP contribution is -2.47. The number of aliphatic hydroxyl groups is 2. The van der Waals surface area contributed by atoms with E-state index in [1.807, 2.05) is 39.2 Å². The maximum absolute atomic E-state index is 13.9. The number of ether oxygens (including phenoxy) is 2.